The van der Waals surface area contributed by atoms with Gasteiger partial charge in [0.2, 0.25) is 10.0 Å². The number of nitrogens with zero attached hydrogens (tertiary/aromatic N) is 1. The van der Waals surface area contributed by atoms with Crippen LogP contribution in [0.15, 0.2) is 60.2 Å². The molecule has 0 amide bonds. The van der Waals surface area contributed by atoms with E-state index in [0.717, 1.165) is 24.8 Å². The fourth-order valence-electron chi connectivity index (χ4n) is 4.49. The summed E-state index contributed by atoms with van der Waals surface area (Å²) < 4.78 is 41.3. The molecular weight excluding hydrogens is 349 g/mol. The van der Waals surface area contributed by atoms with E-state index in [-0.39, 0.29) is 17.8 Å². The first kappa shape index (κ1) is 17.7. The lowest BCUT2D eigenvalue weighted by Crippen LogP contribution is -2.49. The second kappa shape index (κ2) is 6.46. The van der Waals surface area contributed by atoms with Crippen molar-refractivity contribution in [3.8, 4) is 0 Å². The van der Waals surface area contributed by atoms with Crippen LogP contribution in [0.4, 0.5) is 4.39 Å². The van der Waals surface area contributed by atoms with Crippen molar-refractivity contribution in [3.05, 3.63) is 71.6 Å². The van der Waals surface area contributed by atoms with E-state index < -0.39 is 14.8 Å². The minimum Gasteiger partial charge on any atom is -0.211 e. The Morgan fingerprint density at radius 1 is 1.19 bits per heavy atom. The van der Waals surface area contributed by atoms with Gasteiger partial charge < -0.3 is 0 Å². The molecule has 1 fully saturated rings. The van der Waals surface area contributed by atoms with Gasteiger partial charge in [-0.25, -0.2) is 12.8 Å². The van der Waals surface area contributed by atoms with Crippen molar-refractivity contribution in [3.63, 3.8) is 0 Å². The Bertz CT molecular complexity index is 885. The largest absolute Gasteiger partial charge is 0.224 e. The summed E-state index contributed by atoms with van der Waals surface area (Å²) in [5.41, 5.74) is 2.24. The lowest BCUT2D eigenvalue weighted by atomic mass is 9.80. The lowest BCUT2D eigenvalue weighted by molar-refractivity contribution is 0.337. The molecule has 0 aromatic heterocycles. The Balaban J connectivity index is 1.72. The van der Waals surface area contributed by atoms with E-state index in [0.29, 0.717) is 13.0 Å². The van der Waals surface area contributed by atoms with Gasteiger partial charge in [-0.15, -0.1) is 0 Å². The summed E-state index contributed by atoms with van der Waals surface area (Å²) in [6, 6.07) is 6.40. The number of halogens is 1. The van der Waals surface area contributed by atoms with Gasteiger partial charge in [0.25, 0.3) is 0 Å². The normalized spacial score (nSPS) is 31.7. The first-order valence-electron chi connectivity index (χ1n) is 9.22. The second-order valence-electron chi connectivity index (χ2n) is 7.63. The monoisotopic (exact) mass is 373 g/mol. The first-order chi connectivity index (χ1) is 12.4. The molecule has 3 aliphatic rings. The predicted octanol–water partition coefficient (Wildman–Crippen LogP) is 4.31. The summed E-state index contributed by atoms with van der Waals surface area (Å²) in [5.74, 6) is -0.178. The van der Waals surface area contributed by atoms with Crippen molar-refractivity contribution in [1.82, 2.24) is 4.31 Å². The zero-order chi connectivity index (χ0) is 18.4. The maximum atomic E-state index is 13.5. The summed E-state index contributed by atoms with van der Waals surface area (Å²) >= 11 is 0. The molecule has 4 rings (SSSR count). The molecule has 26 heavy (non-hydrogen) atoms. The molecule has 5 heteroatoms. The predicted molar refractivity (Wildman–Crippen MR) is 102 cm³/mol. The highest BCUT2D eigenvalue weighted by Crippen LogP contribution is 2.45. The van der Waals surface area contributed by atoms with Crippen LogP contribution in [0, 0.1) is 5.82 Å². The van der Waals surface area contributed by atoms with E-state index in [9.17, 15) is 12.8 Å². The van der Waals surface area contributed by atoms with Gasteiger partial charge in [-0.2, -0.15) is 4.31 Å². The van der Waals surface area contributed by atoms with Crippen LogP contribution in [0.1, 0.15) is 44.1 Å². The van der Waals surface area contributed by atoms with E-state index >= 15 is 0 Å². The number of rotatable bonds is 3. The molecule has 0 bridgehead atoms. The highest BCUT2D eigenvalue weighted by atomic mass is 32.2. The van der Waals surface area contributed by atoms with Gasteiger partial charge in [0.15, 0.2) is 0 Å². The van der Waals surface area contributed by atoms with Gasteiger partial charge in [0, 0.05) is 12.5 Å². The molecule has 2 aliphatic carbocycles. The molecule has 1 aromatic rings. The van der Waals surface area contributed by atoms with Crippen molar-refractivity contribution in [2.24, 2.45) is 0 Å². The van der Waals surface area contributed by atoms with E-state index in [1.54, 1.807) is 29.4 Å². The second-order valence-corrected chi connectivity index (χ2v) is 9.98. The molecule has 0 radical (unpaired) electrons. The topological polar surface area (TPSA) is 37.4 Å². The maximum Gasteiger partial charge on any atom is 0.224 e. The van der Waals surface area contributed by atoms with Crippen LogP contribution in [0.25, 0.3) is 0 Å². The van der Waals surface area contributed by atoms with Crippen LogP contribution in [-0.2, 0) is 10.0 Å². The molecule has 138 valence electrons. The number of allylic oxidation sites excluding steroid dienone is 4. The molecule has 0 N–H and O–H groups in total. The molecule has 1 aliphatic heterocycles. The van der Waals surface area contributed by atoms with Gasteiger partial charge in [-0.3, -0.25) is 0 Å². The molecule has 3 nitrogen and oxygen atoms in total. The third-order valence-electron chi connectivity index (χ3n) is 5.99. The van der Waals surface area contributed by atoms with Crippen molar-refractivity contribution in [2.75, 3.05) is 6.54 Å². The Kier molecular flexibility index (Phi) is 4.40. The number of benzene rings is 1. The molecular formula is C21H24FNO2S. The van der Waals surface area contributed by atoms with Gasteiger partial charge in [0.1, 0.15) is 10.6 Å². The Labute approximate surface area is 155 Å². The maximum absolute atomic E-state index is 13.5. The van der Waals surface area contributed by atoms with E-state index in [4.69, 9.17) is 0 Å². The SMILES string of the molecule is CC1(S(=O)(=O)N2CCC3=CCC[C@@H](c4ccc(F)cc4)[C@@H]32)C=CC=CC1. The molecule has 3 atom stereocenters. The standard InChI is InChI=1S/C21H24FNO2S/c1-21(13-3-2-4-14-21)26(24,25)23-15-12-17-6-5-7-19(20(17)23)16-8-10-18(22)11-9-16/h2-4,6,8-11,13,19-20H,5,7,12,14-15H2,1H3/t19-,20+,21?/m0/s1. The number of hydrogen-bond donors (Lipinski definition) is 0. The van der Waals surface area contributed by atoms with Crippen LogP contribution in [0.5, 0.6) is 0 Å². The molecule has 0 spiro atoms. The Morgan fingerprint density at radius 2 is 1.96 bits per heavy atom. The van der Waals surface area contributed by atoms with Crippen molar-refractivity contribution >= 4 is 10.0 Å². The summed E-state index contributed by atoms with van der Waals surface area (Å²) in [6.45, 7) is 2.34. The minimum absolute atomic E-state index is 0.0830. The first-order valence-corrected chi connectivity index (χ1v) is 10.7. The zero-order valence-electron chi connectivity index (χ0n) is 14.9. The lowest BCUT2D eigenvalue weighted by Gasteiger charge is -2.39. The molecule has 1 heterocycles. The van der Waals surface area contributed by atoms with Gasteiger partial charge in [-0.1, -0.05) is 48.1 Å². The smallest absolute Gasteiger partial charge is 0.211 e. The quantitative estimate of drug-likeness (QED) is 0.741. The van der Waals surface area contributed by atoms with Crippen molar-refractivity contribution in [1.29, 1.82) is 0 Å². The minimum atomic E-state index is -3.50. The zero-order valence-corrected chi connectivity index (χ0v) is 15.8. The third kappa shape index (κ3) is 2.78. The average Bonchev–Trinajstić information content (AvgIpc) is 3.08. The fourth-order valence-corrected chi connectivity index (χ4v) is 6.50. The van der Waals surface area contributed by atoms with Crippen LogP contribution >= 0.6 is 0 Å². The summed E-state index contributed by atoms with van der Waals surface area (Å²) in [4.78, 5) is 0. The number of sulfonamides is 1. The summed E-state index contributed by atoms with van der Waals surface area (Å²) in [6.07, 6.45) is 12.8. The van der Waals surface area contributed by atoms with E-state index in [2.05, 4.69) is 6.08 Å². The molecule has 1 aromatic carbocycles. The highest BCUT2D eigenvalue weighted by molar-refractivity contribution is 7.90. The molecule has 1 saturated heterocycles. The van der Waals surface area contributed by atoms with Gasteiger partial charge in [0.05, 0.1) is 6.04 Å². The third-order valence-corrected chi connectivity index (χ3v) is 8.50. The number of hydrogen-bond acceptors (Lipinski definition) is 2. The van der Waals surface area contributed by atoms with Gasteiger partial charge in [-0.05, 0) is 50.3 Å². The van der Waals surface area contributed by atoms with Crippen molar-refractivity contribution < 1.29 is 12.8 Å². The Morgan fingerprint density at radius 3 is 2.65 bits per heavy atom. The van der Waals surface area contributed by atoms with Crippen molar-refractivity contribution in [2.45, 2.75) is 49.3 Å². The number of fused-ring (bicyclic) bond motifs is 1. The van der Waals surface area contributed by atoms with Crippen LogP contribution in [0.2, 0.25) is 0 Å². The molecule has 1 unspecified atom stereocenters. The van der Waals surface area contributed by atoms with E-state index in [1.807, 2.05) is 18.2 Å². The highest BCUT2D eigenvalue weighted by Gasteiger charge is 2.49. The molecule has 0 saturated carbocycles. The fraction of sp³-hybridized carbons (Fsp3) is 0.429. The summed E-state index contributed by atoms with van der Waals surface area (Å²) in [5, 5.41) is 0. The van der Waals surface area contributed by atoms with Crippen LogP contribution in [0.3, 0.4) is 0 Å². The van der Waals surface area contributed by atoms with Crippen LogP contribution in [-0.4, -0.2) is 30.1 Å². The Hall–Kier alpha value is -1.72. The van der Waals surface area contributed by atoms with Crippen LogP contribution < -0.4 is 0 Å². The van der Waals surface area contributed by atoms with E-state index in [1.165, 1.54) is 17.7 Å². The summed E-state index contributed by atoms with van der Waals surface area (Å²) in [7, 11) is -3.50. The van der Waals surface area contributed by atoms with Gasteiger partial charge >= 0.3 is 0 Å². The average molecular weight is 373 g/mol.